The van der Waals surface area contributed by atoms with Crippen molar-refractivity contribution in [1.29, 1.82) is 0 Å². The number of likely N-dealkylation sites (N-methyl/N-ethyl adjacent to an activating group) is 1. The van der Waals surface area contributed by atoms with Gasteiger partial charge in [0.1, 0.15) is 0 Å². The maximum Gasteiger partial charge on any atom is 0.231 e. The molecule has 2 aromatic carbocycles. The normalized spacial score (nSPS) is 27.7. The molecule has 2 bridgehead atoms. The summed E-state index contributed by atoms with van der Waals surface area (Å²) in [7, 11) is 1.92. The number of fused-ring (bicyclic) bond motifs is 1. The Hall–Kier alpha value is -1.65. The van der Waals surface area contributed by atoms with Crippen molar-refractivity contribution in [2.45, 2.75) is 56.4 Å². The number of hydrogen-bond donors (Lipinski definition) is 1. The lowest BCUT2D eigenvalue weighted by atomic mass is 9.53. The zero-order valence-corrected chi connectivity index (χ0v) is 18.7. The van der Waals surface area contributed by atoms with E-state index >= 15 is 0 Å². The Bertz CT molecular complexity index is 921. The van der Waals surface area contributed by atoms with Gasteiger partial charge in [0, 0.05) is 28.7 Å². The third-order valence-corrected chi connectivity index (χ3v) is 8.19. The third kappa shape index (κ3) is 3.34. The Labute approximate surface area is 182 Å². The van der Waals surface area contributed by atoms with Gasteiger partial charge in [0.2, 0.25) is 5.91 Å². The maximum atomic E-state index is 13.0. The van der Waals surface area contributed by atoms with E-state index < -0.39 is 0 Å². The molecule has 2 aromatic rings. The molecular formula is C25H29BrN2O. The van der Waals surface area contributed by atoms with Crippen molar-refractivity contribution in [2.75, 3.05) is 18.5 Å². The van der Waals surface area contributed by atoms with E-state index in [1.54, 1.807) is 5.56 Å². The second-order valence-electron chi connectivity index (χ2n) is 9.12. The Kier molecular flexibility index (Phi) is 5.03. The van der Waals surface area contributed by atoms with E-state index in [1.165, 1.54) is 37.7 Å². The molecule has 1 saturated heterocycles. The van der Waals surface area contributed by atoms with Crippen molar-refractivity contribution in [2.24, 2.45) is 5.92 Å². The van der Waals surface area contributed by atoms with Crippen molar-refractivity contribution >= 4 is 27.5 Å². The molecule has 2 fully saturated rings. The molecule has 1 heterocycles. The molecular weight excluding hydrogens is 424 g/mol. The van der Waals surface area contributed by atoms with Gasteiger partial charge in [0.25, 0.3) is 0 Å². The van der Waals surface area contributed by atoms with Crippen LogP contribution in [-0.4, -0.2) is 25.5 Å². The van der Waals surface area contributed by atoms with E-state index in [0.717, 1.165) is 34.6 Å². The quantitative estimate of drug-likeness (QED) is 0.710. The van der Waals surface area contributed by atoms with Crippen molar-refractivity contribution in [3.63, 3.8) is 0 Å². The van der Waals surface area contributed by atoms with Crippen LogP contribution < -0.4 is 10.2 Å². The minimum absolute atomic E-state index is 0.143. The van der Waals surface area contributed by atoms with Crippen LogP contribution in [0.5, 0.6) is 0 Å². The maximum absolute atomic E-state index is 13.0. The van der Waals surface area contributed by atoms with E-state index in [-0.39, 0.29) is 5.91 Å². The predicted octanol–water partition coefficient (Wildman–Crippen LogP) is 5.00. The molecule has 152 valence electrons. The second-order valence-corrected chi connectivity index (χ2v) is 10.0. The molecule has 4 heteroatoms. The van der Waals surface area contributed by atoms with Crippen LogP contribution in [0.4, 0.5) is 5.69 Å². The smallest absolute Gasteiger partial charge is 0.231 e. The zero-order valence-electron chi connectivity index (χ0n) is 17.1. The van der Waals surface area contributed by atoms with Crippen molar-refractivity contribution in [3.8, 4) is 0 Å². The first-order chi connectivity index (χ1) is 14.1. The fraction of sp³-hybridized carbons (Fsp3) is 0.480. The molecule has 1 amide bonds. The summed E-state index contributed by atoms with van der Waals surface area (Å²) in [6.07, 6.45) is 8.17. The van der Waals surface area contributed by atoms with Crippen LogP contribution in [0.25, 0.3) is 0 Å². The van der Waals surface area contributed by atoms with Crippen LogP contribution in [0.1, 0.15) is 48.8 Å². The van der Waals surface area contributed by atoms with Gasteiger partial charge in [0.15, 0.2) is 0 Å². The minimum atomic E-state index is 0.143. The first-order valence-corrected chi connectivity index (χ1v) is 11.7. The molecule has 0 aromatic heterocycles. The highest BCUT2D eigenvalue weighted by Crippen LogP contribution is 2.54. The van der Waals surface area contributed by atoms with E-state index in [2.05, 4.69) is 39.4 Å². The summed E-state index contributed by atoms with van der Waals surface area (Å²) in [5.41, 5.74) is 5.46. The zero-order chi connectivity index (χ0) is 20.0. The van der Waals surface area contributed by atoms with Crippen LogP contribution in [0.3, 0.4) is 0 Å². The van der Waals surface area contributed by atoms with Gasteiger partial charge in [-0.2, -0.15) is 0 Å². The number of benzene rings is 2. The highest BCUT2D eigenvalue weighted by Gasteiger charge is 2.51. The molecule has 1 aliphatic heterocycles. The summed E-state index contributed by atoms with van der Waals surface area (Å²) in [5, 5.41) is 3.80. The molecule has 29 heavy (non-hydrogen) atoms. The van der Waals surface area contributed by atoms with E-state index in [9.17, 15) is 4.79 Å². The Morgan fingerprint density at radius 2 is 2.00 bits per heavy atom. The molecule has 0 radical (unpaired) electrons. The number of piperidine rings is 1. The van der Waals surface area contributed by atoms with Gasteiger partial charge in [0.05, 0.1) is 6.42 Å². The molecule has 5 rings (SSSR count). The number of carbonyl (C=O) groups excluding carboxylic acids is 1. The fourth-order valence-corrected chi connectivity index (χ4v) is 6.42. The number of hydrogen-bond acceptors (Lipinski definition) is 2. The average molecular weight is 453 g/mol. The summed E-state index contributed by atoms with van der Waals surface area (Å²) in [4.78, 5) is 14.8. The summed E-state index contributed by atoms with van der Waals surface area (Å²) in [6, 6.07) is 15.5. The lowest BCUT2D eigenvalue weighted by Gasteiger charge is -2.56. The standard InChI is InChI=1S/C25H29BrN2O/c1-28(24(29)14-17-5-8-19(26)9-6-17)20-10-7-18-15-23-21-4-2-3-11-25(21,12-13-27-23)22(18)16-20/h5-10,16,21,23,27H,2-4,11-15H2,1H3/t21-,23+,25+/m0/s1. The van der Waals surface area contributed by atoms with Gasteiger partial charge in [-0.15, -0.1) is 0 Å². The molecule has 3 atom stereocenters. The fourth-order valence-electron chi connectivity index (χ4n) is 6.16. The van der Waals surface area contributed by atoms with Gasteiger partial charge in [-0.1, -0.05) is 47.0 Å². The molecule has 1 saturated carbocycles. The number of carbonyl (C=O) groups is 1. The van der Waals surface area contributed by atoms with Crippen LogP contribution >= 0.6 is 15.9 Å². The average Bonchev–Trinajstić information content (AvgIpc) is 2.74. The molecule has 3 aliphatic rings. The first-order valence-electron chi connectivity index (χ1n) is 10.9. The summed E-state index contributed by atoms with van der Waals surface area (Å²) < 4.78 is 1.04. The summed E-state index contributed by atoms with van der Waals surface area (Å²) >= 11 is 3.46. The van der Waals surface area contributed by atoms with E-state index in [4.69, 9.17) is 0 Å². The van der Waals surface area contributed by atoms with Gasteiger partial charge in [-0.3, -0.25) is 4.79 Å². The molecule has 2 aliphatic carbocycles. The number of anilines is 1. The van der Waals surface area contributed by atoms with Crippen molar-refractivity contribution in [3.05, 3.63) is 63.6 Å². The molecule has 1 N–H and O–H groups in total. The largest absolute Gasteiger partial charge is 0.315 e. The second kappa shape index (κ2) is 7.55. The Morgan fingerprint density at radius 3 is 2.83 bits per heavy atom. The van der Waals surface area contributed by atoms with Gasteiger partial charge in [-0.05, 0) is 79.1 Å². The van der Waals surface area contributed by atoms with Crippen LogP contribution in [0.15, 0.2) is 46.9 Å². The van der Waals surface area contributed by atoms with E-state index in [1.807, 2.05) is 36.2 Å². The van der Waals surface area contributed by atoms with Gasteiger partial charge in [-0.25, -0.2) is 0 Å². The SMILES string of the molecule is CN(C(=O)Cc1ccc(Br)cc1)c1ccc2c(c1)[C@@]13CCCC[C@H]1[C@@H](C2)NCC3. The monoisotopic (exact) mass is 452 g/mol. The topological polar surface area (TPSA) is 32.3 Å². The highest BCUT2D eigenvalue weighted by atomic mass is 79.9. The number of amides is 1. The lowest BCUT2D eigenvalue weighted by molar-refractivity contribution is -0.117. The number of nitrogens with zero attached hydrogens (tertiary/aromatic N) is 1. The van der Waals surface area contributed by atoms with Crippen LogP contribution in [0, 0.1) is 5.92 Å². The first kappa shape index (κ1) is 19.3. The molecule has 3 nitrogen and oxygen atoms in total. The van der Waals surface area contributed by atoms with E-state index in [0.29, 0.717) is 17.9 Å². The van der Waals surface area contributed by atoms with Gasteiger partial charge < -0.3 is 10.2 Å². The highest BCUT2D eigenvalue weighted by molar-refractivity contribution is 9.10. The predicted molar refractivity (Wildman–Crippen MR) is 121 cm³/mol. The van der Waals surface area contributed by atoms with Crippen LogP contribution in [0.2, 0.25) is 0 Å². The third-order valence-electron chi connectivity index (χ3n) is 7.66. The van der Waals surface area contributed by atoms with Crippen molar-refractivity contribution < 1.29 is 4.79 Å². The molecule has 0 spiro atoms. The van der Waals surface area contributed by atoms with Crippen molar-refractivity contribution in [1.82, 2.24) is 5.32 Å². The Morgan fingerprint density at radius 1 is 1.17 bits per heavy atom. The lowest BCUT2D eigenvalue weighted by Crippen LogP contribution is -2.59. The molecule has 0 unspecified atom stereocenters. The Balaban J connectivity index is 1.44. The summed E-state index contributed by atoms with van der Waals surface area (Å²) in [5.74, 6) is 0.903. The van der Waals surface area contributed by atoms with Crippen LogP contribution in [-0.2, 0) is 23.1 Å². The van der Waals surface area contributed by atoms with Gasteiger partial charge >= 0.3 is 0 Å². The summed E-state index contributed by atoms with van der Waals surface area (Å²) in [6.45, 7) is 1.13. The number of halogens is 1. The number of rotatable bonds is 3. The number of nitrogens with one attached hydrogen (secondary N) is 1. The minimum Gasteiger partial charge on any atom is -0.315 e.